The van der Waals surface area contributed by atoms with Crippen molar-refractivity contribution in [2.45, 2.75) is 6.18 Å². The minimum atomic E-state index is -4.57. The molecule has 1 N–H and O–H groups in total. The first-order valence-corrected chi connectivity index (χ1v) is 7.03. The van der Waals surface area contributed by atoms with E-state index < -0.39 is 17.6 Å². The van der Waals surface area contributed by atoms with E-state index in [9.17, 15) is 18.0 Å². The number of carbonyl (C=O) groups excluding carboxylic acids is 1. The van der Waals surface area contributed by atoms with Crippen LogP contribution in [0.1, 0.15) is 15.9 Å². The molecular formula is C13H7ClF3IN2O. The molecule has 0 saturated heterocycles. The minimum absolute atomic E-state index is 0.00541. The molecule has 0 aliphatic carbocycles. The van der Waals surface area contributed by atoms with Crippen LogP contribution in [0.15, 0.2) is 36.5 Å². The number of hydrogen-bond acceptors (Lipinski definition) is 2. The highest BCUT2D eigenvalue weighted by atomic mass is 127. The van der Waals surface area contributed by atoms with Crippen molar-refractivity contribution in [3.63, 3.8) is 0 Å². The number of nitrogens with zero attached hydrogens (tertiary/aromatic N) is 1. The molecule has 1 aromatic carbocycles. The summed E-state index contributed by atoms with van der Waals surface area (Å²) in [6.45, 7) is 0. The molecular weight excluding hydrogens is 420 g/mol. The van der Waals surface area contributed by atoms with E-state index in [1.807, 2.05) is 0 Å². The summed E-state index contributed by atoms with van der Waals surface area (Å²) in [5.41, 5.74) is -1.23. The van der Waals surface area contributed by atoms with Gasteiger partial charge in [-0.2, -0.15) is 13.2 Å². The van der Waals surface area contributed by atoms with E-state index in [4.69, 9.17) is 11.6 Å². The second-order valence-corrected chi connectivity index (χ2v) is 5.59. The number of amides is 1. The number of carbonyl (C=O) groups is 1. The zero-order valence-corrected chi connectivity index (χ0v) is 13.1. The highest BCUT2D eigenvalue weighted by molar-refractivity contribution is 14.1. The highest BCUT2D eigenvalue weighted by Crippen LogP contribution is 2.36. The first-order valence-electron chi connectivity index (χ1n) is 5.57. The molecule has 0 fully saturated rings. The van der Waals surface area contributed by atoms with Crippen molar-refractivity contribution in [1.29, 1.82) is 0 Å². The lowest BCUT2D eigenvalue weighted by Crippen LogP contribution is -2.17. The maximum atomic E-state index is 13.0. The van der Waals surface area contributed by atoms with E-state index in [1.165, 1.54) is 30.5 Å². The topological polar surface area (TPSA) is 42.0 Å². The molecule has 3 nitrogen and oxygen atoms in total. The van der Waals surface area contributed by atoms with Crippen molar-refractivity contribution in [1.82, 2.24) is 4.98 Å². The van der Waals surface area contributed by atoms with E-state index in [1.54, 1.807) is 22.6 Å². The average Bonchev–Trinajstić information content (AvgIpc) is 2.40. The van der Waals surface area contributed by atoms with Gasteiger partial charge in [-0.3, -0.25) is 4.79 Å². The third kappa shape index (κ3) is 3.85. The molecule has 0 aliphatic rings. The largest absolute Gasteiger partial charge is 0.418 e. The Labute approximate surface area is 136 Å². The number of benzene rings is 1. The molecule has 0 radical (unpaired) electrons. The Balaban J connectivity index is 2.36. The lowest BCUT2D eigenvalue weighted by Gasteiger charge is -2.14. The van der Waals surface area contributed by atoms with Gasteiger partial charge < -0.3 is 5.32 Å². The Hall–Kier alpha value is -1.35. The van der Waals surface area contributed by atoms with Gasteiger partial charge in [0.25, 0.3) is 5.91 Å². The Morgan fingerprint density at radius 2 is 2.00 bits per heavy atom. The van der Waals surface area contributed by atoms with Crippen molar-refractivity contribution in [3.05, 3.63) is 56.4 Å². The monoisotopic (exact) mass is 426 g/mol. The summed E-state index contributed by atoms with van der Waals surface area (Å²) in [5, 5.41) is 2.14. The normalized spacial score (nSPS) is 11.3. The molecule has 0 bridgehead atoms. The number of nitrogens with one attached hydrogen (secondary N) is 1. The molecule has 2 aromatic rings. The van der Waals surface area contributed by atoms with E-state index in [-0.39, 0.29) is 16.4 Å². The molecule has 0 unspecified atom stereocenters. The highest BCUT2D eigenvalue weighted by Gasteiger charge is 2.34. The third-order valence-electron chi connectivity index (χ3n) is 2.54. The third-order valence-corrected chi connectivity index (χ3v) is 3.51. The molecule has 0 aliphatic heterocycles. The quantitative estimate of drug-likeness (QED) is 0.563. The summed E-state index contributed by atoms with van der Waals surface area (Å²) in [5.74, 6) is -0.750. The summed E-state index contributed by atoms with van der Waals surface area (Å²) in [4.78, 5) is 15.7. The molecule has 0 atom stereocenters. The van der Waals surface area contributed by atoms with Crippen LogP contribution in [0.2, 0.25) is 5.15 Å². The fourth-order valence-electron chi connectivity index (χ4n) is 1.61. The number of hydrogen-bond donors (Lipinski definition) is 1. The van der Waals surface area contributed by atoms with Gasteiger partial charge in [0.2, 0.25) is 0 Å². The van der Waals surface area contributed by atoms with Crippen molar-refractivity contribution >= 4 is 45.8 Å². The Morgan fingerprint density at radius 1 is 1.29 bits per heavy atom. The summed E-state index contributed by atoms with van der Waals surface area (Å²) >= 11 is 7.51. The Bertz CT molecular complexity index is 691. The van der Waals surface area contributed by atoms with E-state index in [0.29, 0.717) is 3.57 Å². The fraction of sp³-hybridized carbons (Fsp3) is 0.0769. The maximum absolute atomic E-state index is 13.0. The predicted octanol–water partition coefficient (Wildman–Crippen LogP) is 4.61. The lowest BCUT2D eigenvalue weighted by molar-refractivity contribution is -0.137. The van der Waals surface area contributed by atoms with Crippen molar-refractivity contribution in [3.8, 4) is 0 Å². The molecule has 0 saturated carbocycles. The smallest absolute Gasteiger partial charge is 0.321 e. The van der Waals surface area contributed by atoms with Crippen LogP contribution >= 0.6 is 34.2 Å². The van der Waals surface area contributed by atoms with Gasteiger partial charge in [0.15, 0.2) is 0 Å². The minimum Gasteiger partial charge on any atom is -0.321 e. The zero-order chi connectivity index (χ0) is 15.6. The van der Waals surface area contributed by atoms with Gasteiger partial charge in [0.1, 0.15) is 5.15 Å². The Kier molecular flexibility index (Phi) is 4.72. The number of anilines is 1. The molecule has 1 aromatic heterocycles. The summed E-state index contributed by atoms with van der Waals surface area (Å²) in [7, 11) is 0. The van der Waals surface area contributed by atoms with Crippen LogP contribution in [0, 0.1) is 3.57 Å². The molecule has 1 amide bonds. The van der Waals surface area contributed by atoms with Crippen LogP contribution in [0.5, 0.6) is 0 Å². The van der Waals surface area contributed by atoms with Gasteiger partial charge >= 0.3 is 6.18 Å². The van der Waals surface area contributed by atoms with Gasteiger partial charge in [-0.1, -0.05) is 11.6 Å². The molecule has 8 heteroatoms. The maximum Gasteiger partial charge on any atom is 0.418 e. The molecule has 0 spiro atoms. The first-order chi connectivity index (χ1) is 9.79. The summed E-state index contributed by atoms with van der Waals surface area (Å²) in [6.07, 6.45) is -3.19. The van der Waals surface area contributed by atoms with Crippen molar-refractivity contribution in [2.24, 2.45) is 0 Å². The van der Waals surface area contributed by atoms with Crippen molar-refractivity contribution < 1.29 is 18.0 Å². The van der Waals surface area contributed by atoms with Gasteiger partial charge in [-0.25, -0.2) is 4.98 Å². The SMILES string of the molecule is O=C(Nc1ccc(I)cc1C(F)(F)F)c1cccnc1Cl. The average molecular weight is 427 g/mol. The van der Waals surface area contributed by atoms with Crippen molar-refractivity contribution in [2.75, 3.05) is 5.32 Å². The number of pyridine rings is 1. The van der Waals surface area contributed by atoms with Crippen LogP contribution in [-0.4, -0.2) is 10.9 Å². The van der Waals surface area contributed by atoms with E-state index in [0.717, 1.165) is 6.07 Å². The lowest BCUT2D eigenvalue weighted by atomic mass is 10.1. The molecule has 1 heterocycles. The summed E-state index contributed by atoms with van der Waals surface area (Å²) in [6, 6.07) is 6.48. The predicted molar refractivity (Wildman–Crippen MR) is 81.4 cm³/mol. The van der Waals surface area contributed by atoms with Crippen LogP contribution < -0.4 is 5.32 Å². The Morgan fingerprint density at radius 3 is 2.62 bits per heavy atom. The molecule has 110 valence electrons. The number of halogens is 5. The van der Waals surface area contributed by atoms with Crippen LogP contribution in [-0.2, 0) is 6.18 Å². The number of aromatic nitrogens is 1. The van der Waals surface area contributed by atoms with Gasteiger partial charge in [0.05, 0.1) is 16.8 Å². The van der Waals surface area contributed by atoms with E-state index in [2.05, 4.69) is 10.3 Å². The van der Waals surface area contributed by atoms with Crippen LogP contribution in [0.25, 0.3) is 0 Å². The fourth-order valence-corrected chi connectivity index (χ4v) is 2.30. The van der Waals surface area contributed by atoms with Gasteiger partial charge in [-0.05, 0) is 52.9 Å². The summed E-state index contributed by atoms with van der Waals surface area (Å²) < 4.78 is 39.3. The van der Waals surface area contributed by atoms with Crippen LogP contribution in [0.3, 0.4) is 0 Å². The second-order valence-electron chi connectivity index (χ2n) is 3.98. The standard InChI is InChI=1S/C13H7ClF3IN2O/c14-11-8(2-1-5-19-11)12(21)20-10-4-3-7(18)6-9(10)13(15,16)17/h1-6H,(H,20,21). The molecule has 2 rings (SSSR count). The number of rotatable bonds is 2. The first kappa shape index (κ1) is 16.0. The number of alkyl halides is 3. The van der Waals surface area contributed by atoms with Gasteiger partial charge in [-0.15, -0.1) is 0 Å². The zero-order valence-electron chi connectivity index (χ0n) is 10.2. The van der Waals surface area contributed by atoms with E-state index >= 15 is 0 Å². The molecule has 21 heavy (non-hydrogen) atoms. The van der Waals surface area contributed by atoms with Gasteiger partial charge in [0, 0.05) is 9.77 Å². The second kappa shape index (κ2) is 6.18. The van der Waals surface area contributed by atoms with Crippen LogP contribution in [0.4, 0.5) is 18.9 Å².